The van der Waals surface area contributed by atoms with E-state index in [0.29, 0.717) is 12.8 Å². The van der Waals surface area contributed by atoms with Crippen molar-refractivity contribution < 1.29 is 64.6 Å². The maximum Gasteiger partial charge on any atom is 0.220 e. The Morgan fingerprint density at radius 2 is 0.890 bits per heavy atom. The molecule has 9 N–H and O–H groups in total. The Balaban J connectivity index is 1.70. The summed E-state index contributed by atoms with van der Waals surface area (Å²) in [4.78, 5) is 13.2. The first-order valence-electron chi connectivity index (χ1n) is 29.4. The van der Waals surface area contributed by atoms with E-state index in [9.17, 15) is 45.6 Å². The van der Waals surface area contributed by atoms with E-state index in [1.807, 2.05) is 6.08 Å². The molecule has 426 valence electrons. The number of amides is 1. The number of unbranched alkanes of at least 4 members (excludes halogenated alkanes) is 27. The number of allylic oxidation sites excluding steroid dienone is 7. The van der Waals surface area contributed by atoms with Gasteiger partial charge in [-0.15, -0.1) is 0 Å². The second-order valence-electron chi connectivity index (χ2n) is 20.7. The molecule has 2 aliphatic rings. The molecule has 0 aliphatic carbocycles. The van der Waals surface area contributed by atoms with E-state index in [1.54, 1.807) is 6.08 Å². The number of carbonyl (C=O) groups is 1. The van der Waals surface area contributed by atoms with Gasteiger partial charge in [0.1, 0.15) is 48.8 Å². The number of hydrogen-bond acceptors (Lipinski definition) is 13. The van der Waals surface area contributed by atoms with Gasteiger partial charge in [-0.25, -0.2) is 0 Å². The van der Waals surface area contributed by atoms with Crippen molar-refractivity contribution in [1.82, 2.24) is 5.32 Å². The highest BCUT2D eigenvalue weighted by atomic mass is 16.7. The number of carbonyl (C=O) groups excluding carboxylic acids is 1. The van der Waals surface area contributed by atoms with Crippen molar-refractivity contribution in [2.45, 2.75) is 299 Å². The fraction of sp³-hybridized carbons (Fsp3) is 0.847. The third-order valence-electron chi connectivity index (χ3n) is 14.2. The molecule has 2 rings (SSSR count). The molecule has 0 aromatic rings. The van der Waals surface area contributed by atoms with Gasteiger partial charge in [-0.1, -0.05) is 204 Å². The van der Waals surface area contributed by atoms with Crippen molar-refractivity contribution in [2.75, 3.05) is 19.8 Å². The van der Waals surface area contributed by atoms with Gasteiger partial charge in [-0.2, -0.15) is 0 Å². The summed E-state index contributed by atoms with van der Waals surface area (Å²) < 4.78 is 22.7. The molecule has 2 heterocycles. The number of hydrogen-bond donors (Lipinski definition) is 9. The summed E-state index contributed by atoms with van der Waals surface area (Å²) in [5, 5.41) is 86.8. The molecule has 0 spiro atoms. The third kappa shape index (κ3) is 31.1. The number of nitrogens with one attached hydrogen (secondary N) is 1. The summed E-state index contributed by atoms with van der Waals surface area (Å²) >= 11 is 0. The Morgan fingerprint density at radius 3 is 1.38 bits per heavy atom. The Bertz CT molecular complexity index is 1410. The second kappa shape index (κ2) is 45.0. The maximum absolute atomic E-state index is 13.2. The van der Waals surface area contributed by atoms with Crippen LogP contribution >= 0.6 is 0 Å². The lowest BCUT2D eigenvalue weighted by atomic mass is 9.97. The fourth-order valence-corrected chi connectivity index (χ4v) is 9.42. The first kappa shape index (κ1) is 67.1. The number of aliphatic hydroxyl groups is 8. The molecule has 2 fully saturated rings. The molecule has 1 amide bonds. The van der Waals surface area contributed by atoms with Gasteiger partial charge in [-0.05, 0) is 64.2 Å². The molecular formula is C59H107NO13. The zero-order valence-corrected chi connectivity index (χ0v) is 45.6. The Kier molecular flexibility index (Phi) is 41.4. The first-order valence-corrected chi connectivity index (χ1v) is 29.4. The van der Waals surface area contributed by atoms with Crippen LogP contribution in [0.25, 0.3) is 0 Å². The Morgan fingerprint density at radius 1 is 0.479 bits per heavy atom. The summed E-state index contributed by atoms with van der Waals surface area (Å²) in [5.41, 5.74) is 0. The predicted molar refractivity (Wildman–Crippen MR) is 291 cm³/mol. The van der Waals surface area contributed by atoms with E-state index < -0.39 is 86.8 Å². The average molecular weight is 1040 g/mol. The molecule has 12 atom stereocenters. The standard InChI is InChI=1S/C59H107NO13/c1-3-5-7-9-11-13-15-17-18-19-20-21-22-23-24-25-26-27-28-29-30-31-33-35-37-39-41-43-51(64)60-47(48(63)42-40-38-36-34-32-16-14-12-10-8-6-4-2)46-70-58-56(69)54(67)57(50(45-62)72-58)73-59-55(68)53(66)52(65)49(44-61)71-59/h10,12,19-20,32,34,40,42,47-50,52-59,61-63,65-69H,3-9,11,13-18,21-31,33,35-39,41,43-46H2,1-2H3,(H,60,64)/b12-10+,20-19-,34-32+,42-40+. The summed E-state index contributed by atoms with van der Waals surface area (Å²) in [6.07, 6.45) is 38.9. The Labute approximate surface area is 442 Å². The average Bonchev–Trinajstić information content (AvgIpc) is 3.39. The van der Waals surface area contributed by atoms with E-state index in [1.165, 1.54) is 148 Å². The van der Waals surface area contributed by atoms with Gasteiger partial charge in [0.2, 0.25) is 5.91 Å². The normalized spacial score (nSPS) is 25.7. The molecule has 0 aromatic carbocycles. The summed E-state index contributed by atoms with van der Waals surface area (Å²) in [7, 11) is 0. The topological polar surface area (TPSA) is 228 Å². The first-order chi connectivity index (χ1) is 35.6. The lowest BCUT2D eigenvalue weighted by molar-refractivity contribution is -0.359. The van der Waals surface area contributed by atoms with Gasteiger partial charge < -0.3 is 65.1 Å². The van der Waals surface area contributed by atoms with Crippen LogP contribution in [0.3, 0.4) is 0 Å². The molecule has 14 nitrogen and oxygen atoms in total. The zero-order chi connectivity index (χ0) is 53.2. The van der Waals surface area contributed by atoms with Gasteiger partial charge in [0.25, 0.3) is 0 Å². The number of rotatable bonds is 46. The third-order valence-corrected chi connectivity index (χ3v) is 14.2. The van der Waals surface area contributed by atoms with Crippen LogP contribution in [0.1, 0.15) is 226 Å². The number of ether oxygens (including phenoxy) is 4. The molecule has 0 saturated carbocycles. The van der Waals surface area contributed by atoms with Crippen molar-refractivity contribution in [3.05, 3.63) is 48.6 Å². The van der Waals surface area contributed by atoms with Crippen molar-refractivity contribution >= 4 is 5.91 Å². The molecule has 12 unspecified atom stereocenters. The molecule has 0 radical (unpaired) electrons. The molecule has 0 aromatic heterocycles. The molecule has 14 heteroatoms. The molecule has 2 aliphatic heterocycles. The van der Waals surface area contributed by atoms with Crippen molar-refractivity contribution in [3.8, 4) is 0 Å². The van der Waals surface area contributed by atoms with Crippen LogP contribution in [0.4, 0.5) is 0 Å². The highest BCUT2D eigenvalue weighted by molar-refractivity contribution is 5.76. The predicted octanol–water partition coefficient (Wildman–Crippen LogP) is 9.61. The molecular weight excluding hydrogens is 931 g/mol. The monoisotopic (exact) mass is 1040 g/mol. The van der Waals surface area contributed by atoms with E-state index in [4.69, 9.17) is 18.9 Å². The maximum atomic E-state index is 13.2. The molecule has 73 heavy (non-hydrogen) atoms. The van der Waals surface area contributed by atoms with Crippen LogP contribution in [0.2, 0.25) is 0 Å². The van der Waals surface area contributed by atoms with Crippen molar-refractivity contribution in [2.24, 2.45) is 0 Å². The molecule has 0 bridgehead atoms. The highest BCUT2D eigenvalue weighted by Gasteiger charge is 2.51. The van der Waals surface area contributed by atoms with Crippen LogP contribution in [0, 0.1) is 0 Å². The van der Waals surface area contributed by atoms with Gasteiger partial charge in [0, 0.05) is 6.42 Å². The van der Waals surface area contributed by atoms with Gasteiger partial charge in [0.15, 0.2) is 12.6 Å². The quantitative estimate of drug-likeness (QED) is 0.0205. The van der Waals surface area contributed by atoms with Crippen molar-refractivity contribution in [3.63, 3.8) is 0 Å². The smallest absolute Gasteiger partial charge is 0.220 e. The van der Waals surface area contributed by atoms with E-state index >= 15 is 0 Å². The Hall–Kier alpha value is -2.05. The van der Waals surface area contributed by atoms with Gasteiger partial charge >= 0.3 is 0 Å². The summed E-state index contributed by atoms with van der Waals surface area (Å²) in [6, 6.07) is -0.936. The van der Waals surface area contributed by atoms with E-state index in [0.717, 1.165) is 44.9 Å². The minimum absolute atomic E-state index is 0.254. The van der Waals surface area contributed by atoms with Crippen LogP contribution in [0.5, 0.6) is 0 Å². The lowest BCUT2D eigenvalue weighted by Gasteiger charge is -2.46. The summed E-state index contributed by atoms with van der Waals surface area (Å²) in [6.45, 7) is 2.72. The second-order valence-corrected chi connectivity index (χ2v) is 20.7. The minimum atomic E-state index is -1.79. The van der Waals surface area contributed by atoms with E-state index in [2.05, 4.69) is 55.6 Å². The summed E-state index contributed by atoms with van der Waals surface area (Å²) in [5.74, 6) is -0.254. The van der Waals surface area contributed by atoms with Crippen LogP contribution in [-0.4, -0.2) is 140 Å². The molecule has 2 saturated heterocycles. The van der Waals surface area contributed by atoms with E-state index in [-0.39, 0.29) is 18.9 Å². The van der Waals surface area contributed by atoms with Crippen LogP contribution < -0.4 is 5.32 Å². The minimum Gasteiger partial charge on any atom is -0.394 e. The zero-order valence-electron chi connectivity index (χ0n) is 45.6. The van der Waals surface area contributed by atoms with Crippen LogP contribution in [0.15, 0.2) is 48.6 Å². The van der Waals surface area contributed by atoms with Crippen molar-refractivity contribution in [1.29, 1.82) is 0 Å². The SMILES string of the molecule is CCCC/C=C/CC/C=C/CC/C=C/C(O)C(COC1OC(CO)C(OC2OC(CO)C(O)C(O)C2O)C(O)C1O)NC(=O)CCCCCCCCCCCCCCCCC/C=C\CCCCCCCCCC. The fourth-order valence-electron chi connectivity index (χ4n) is 9.42. The lowest BCUT2D eigenvalue weighted by Crippen LogP contribution is -2.65. The number of aliphatic hydroxyl groups excluding tert-OH is 8. The van der Waals surface area contributed by atoms with Gasteiger partial charge in [0.05, 0.1) is 32.0 Å². The van der Waals surface area contributed by atoms with Crippen LogP contribution in [-0.2, 0) is 23.7 Å². The highest BCUT2D eigenvalue weighted by Crippen LogP contribution is 2.30. The largest absolute Gasteiger partial charge is 0.394 e. The van der Waals surface area contributed by atoms with Gasteiger partial charge in [-0.3, -0.25) is 4.79 Å².